The van der Waals surface area contributed by atoms with Gasteiger partial charge in [-0.1, -0.05) is 17.7 Å². The fourth-order valence-electron chi connectivity index (χ4n) is 4.14. The molecule has 4 rings (SSSR count). The Morgan fingerprint density at radius 1 is 1.31 bits per heavy atom. The number of fused-ring (bicyclic) bond motifs is 1. The van der Waals surface area contributed by atoms with Crippen molar-refractivity contribution in [1.82, 2.24) is 14.8 Å². The van der Waals surface area contributed by atoms with Gasteiger partial charge in [0.2, 0.25) is 5.91 Å². The molecule has 1 aromatic carbocycles. The molecular formula is C22H26N4O2S. The van der Waals surface area contributed by atoms with E-state index >= 15 is 0 Å². The standard InChI is InChI=1S/C22H26N4O2S/c1-25-21(28)19(26(22(25)29)12-10-15-5-3-2-4-6-15)14-20(27)24-17-8-7-16-9-11-23-18(16)13-17/h5,7-9,11,13,19,23H,2-4,6,10,12,14H2,1H3,(H,24,27). The first-order chi connectivity index (χ1) is 14.0. The summed E-state index contributed by atoms with van der Waals surface area (Å²) in [6.07, 6.45) is 9.90. The number of thiocarbonyl (C=S) groups is 1. The highest BCUT2D eigenvalue weighted by atomic mass is 32.1. The van der Waals surface area contributed by atoms with Crippen molar-refractivity contribution in [2.75, 3.05) is 18.9 Å². The van der Waals surface area contributed by atoms with E-state index < -0.39 is 6.04 Å². The highest BCUT2D eigenvalue weighted by Gasteiger charge is 2.41. The van der Waals surface area contributed by atoms with E-state index in [1.165, 1.54) is 23.3 Å². The number of aromatic nitrogens is 1. The second-order valence-electron chi connectivity index (χ2n) is 7.78. The third kappa shape index (κ3) is 4.19. The molecule has 29 heavy (non-hydrogen) atoms. The van der Waals surface area contributed by atoms with Gasteiger partial charge in [0.1, 0.15) is 6.04 Å². The Morgan fingerprint density at radius 3 is 2.97 bits per heavy atom. The van der Waals surface area contributed by atoms with Crippen molar-refractivity contribution in [2.45, 2.75) is 44.6 Å². The fraction of sp³-hybridized carbons (Fsp3) is 0.409. The van der Waals surface area contributed by atoms with Crippen LogP contribution < -0.4 is 5.32 Å². The zero-order valence-electron chi connectivity index (χ0n) is 16.6. The molecule has 1 aliphatic heterocycles. The number of anilines is 1. The summed E-state index contributed by atoms with van der Waals surface area (Å²) in [5.41, 5.74) is 3.11. The largest absolute Gasteiger partial charge is 0.361 e. The number of carbonyl (C=O) groups is 2. The van der Waals surface area contributed by atoms with Gasteiger partial charge in [-0.3, -0.25) is 14.5 Å². The number of nitrogens with one attached hydrogen (secondary N) is 2. The number of nitrogens with zero attached hydrogens (tertiary/aromatic N) is 2. The minimum Gasteiger partial charge on any atom is -0.361 e. The molecule has 0 spiro atoms. The van der Waals surface area contributed by atoms with Crippen LogP contribution in [0.3, 0.4) is 0 Å². The van der Waals surface area contributed by atoms with Gasteiger partial charge in [0.15, 0.2) is 5.11 Å². The van der Waals surface area contributed by atoms with Crippen LogP contribution in [0.5, 0.6) is 0 Å². The van der Waals surface area contributed by atoms with E-state index in [0.29, 0.717) is 17.3 Å². The van der Waals surface area contributed by atoms with Gasteiger partial charge >= 0.3 is 0 Å². The molecule has 2 heterocycles. The summed E-state index contributed by atoms with van der Waals surface area (Å²) in [6, 6.07) is 7.16. The predicted octanol–water partition coefficient (Wildman–Crippen LogP) is 3.81. The van der Waals surface area contributed by atoms with Crippen molar-refractivity contribution in [3.8, 4) is 0 Å². The van der Waals surface area contributed by atoms with Crippen molar-refractivity contribution >= 4 is 45.7 Å². The lowest BCUT2D eigenvalue weighted by atomic mass is 9.97. The number of allylic oxidation sites excluding steroid dienone is 1. The number of benzene rings is 1. The number of aromatic amines is 1. The van der Waals surface area contributed by atoms with E-state index in [0.717, 1.165) is 30.2 Å². The van der Waals surface area contributed by atoms with Gasteiger partial charge in [0, 0.05) is 31.0 Å². The molecule has 1 unspecified atom stereocenters. The molecule has 6 nitrogen and oxygen atoms in total. The minimum absolute atomic E-state index is 0.0884. The normalized spacial score (nSPS) is 19.8. The van der Waals surface area contributed by atoms with E-state index in [1.54, 1.807) is 7.05 Å². The maximum absolute atomic E-state index is 12.7. The monoisotopic (exact) mass is 410 g/mol. The average molecular weight is 411 g/mol. The lowest BCUT2D eigenvalue weighted by molar-refractivity contribution is -0.130. The van der Waals surface area contributed by atoms with Gasteiger partial charge in [-0.05, 0) is 67.9 Å². The Morgan fingerprint density at radius 2 is 2.17 bits per heavy atom. The Kier molecular flexibility index (Phi) is 5.67. The van der Waals surface area contributed by atoms with E-state index in [2.05, 4.69) is 16.4 Å². The lowest BCUT2D eigenvalue weighted by Crippen LogP contribution is -2.38. The zero-order chi connectivity index (χ0) is 20.4. The number of hydrogen-bond donors (Lipinski definition) is 2. The summed E-state index contributed by atoms with van der Waals surface area (Å²) in [4.78, 5) is 31.9. The Hall–Kier alpha value is -2.67. The van der Waals surface area contributed by atoms with Crippen molar-refractivity contribution in [3.05, 3.63) is 42.1 Å². The van der Waals surface area contributed by atoms with Crippen molar-refractivity contribution in [2.24, 2.45) is 0 Å². The topological polar surface area (TPSA) is 68.4 Å². The van der Waals surface area contributed by atoms with Crippen molar-refractivity contribution < 1.29 is 9.59 Å². The molecule has 152 valence electrons. The average Bonchev–Trinajstić information content (AvgIpc) is 3.26. The van der Waals surface area contributed by atoms with Gasteiger partial charge in [0.05, 0.1) is 6.42 Å². The number of carbonyl (C=O) groups excluding carboxylic acids is 2. The van der Waals surface area contributed by atoms with Crippen LogP contribution in [0, 0.1) is 0 Å². The van der Waals surface area contributed by atoms with Crippen LogP contribution in [0.4, 0.5) is 5.69 Å². The van der Waals surface area contributed by atoms with Crippen molar-refractivity contribution in [3.63, 3.8) is 0 Å². The molecule has 0 bridgehead atoms. The fourth-order valence-corrected chi connectivity index (χ4v) is 4.44. The minimum atomic E-state index is -0.536. The zero-order valence-corrected chi connectivity index (χ0v) is 17.4. The highest BCUT2D eigenvalue weighted by molar-refractivity contribution is 7.80. The van der Waals surface area contributed by atoms with Gasteiger partial charge in [-0.2, -0.15) is 0 Å². The predicted molar refractivity (Wildman–Crippen MR) is 119 cm³/mol. The molecule has 0 radical (unpaired) electrons. The molecule has 2 aromatic rings. The third-order valence-electron chi connectivity index (χ3n) is 5.80. The lowest BCUT2D eigenvalue weighted by Gasteiger charge is -2.24. The Bertz CT molecular complexity index is 980. The summed E-state index contributed by atoms with van der Waals surface area (Å²) in [6.45, 7) is 0.674. The number of H-pyrrole nitrogens is 1. The van der Waals surface area contributed by atoms with E-state index in [9.17, 15) is 9.59 Å². The first-order valence-corrected chi connectivity index (χ1v) is 10.6. The van der Waals surface area contributed by atoms with Crippen LogP contribution in [0.25, 0.3) is 10.9 Å². The Balaban J connectivity index is 1.42. The molecule has 1 atom stereocenters. The van der Waals surface area contributed by atoms with Crippen LogP contribution in [-0.2, 0) is 9.59 Å². The second kappa shape index (κ2) is 8.37. The van der Waals surface area contributed by atoms with Gasteiger partial charge in [0.25, 0.3) is 5.91 Å². The molecule has 1 aromatic heterocycles. The van der Waals surface area contributed by atoms with Crippen molar-refractivity contribution in [1.29, 1.82) is 0 Å². The third-order valence-corrected chi connectivity index (χ3v) is 6.31. The molecule has 1 saturated heterocycles. The van der Waals surface area contributed by atoms with E-state index in [4.69, 9.17) is 12.2 Å². The molecule has 2 N–H and O–H groups in total. The van der Waals surface area contributed by atoms with Gasteiger partial charge < -0.3 is 15.2 Å². The first kappa shape index (κ1) is 19.6. The number of likely N-dealkylation sites (N-methyl/N-ethyl adjacent to an activating group) is 1. The molecule has 0 saturated carbocycles. The maximum atomic E-state index is 12.7. The summed E-state index contributed by atoms with van der Waals surface area (Å²) < 4.78 is 0. The van der Waals surface area contributed by atoms with Gasteiger partial charge in [-0.15, -0.1) is 0 Å². The van der Waals surface area contributed by atoms with E-state index in [-0.39, 0.29) is 18.2 Å². The molecule has 2 aliphatic rings. The Labute approximate surface area is 175 Å². The molecule has 7 heteroatoms. The second-order valence-corrected chi connectivity index (χ2v) is 8.14. The quantitative estimate of drug-likeness (QED) is 0.561. The summed E-state index contributed by atoms with van der Waals surface area (Å²) in [5, 5.41) is 4.51. The highest BCUT2D eigenvalue weighted by Crippen LogP contribution is 2.25. The molecule has 1 aliphatic carbocycles. The van der Waals surface area contributed by atoms with Crippen LogP contribution in [0.2, 0.25) is 0 Å². The first-order valence-electron chi connectivity index (χ1n) is 10.2. The number of hydrogen-bond acceptors (Lipinski definition) is 3. The summed E-state index contributed by atoms with van der Waals surface area (Å²) in [7, 11) is 1.69. The molecule has 2 amide bonds. The number of amides is 2. The van der Waals surface area contributed by atoms with E-state index in [1.807, 2.05) is 35.4 Å². The summed E-state index contributed by atoms with van der Waals surface area (Å²) >= 11 is 5.49. The summed E-state index contributed by atoms with van der Waals surface area (Å²) in [5.74, 6) is -0.295. The van der Waals surface area contributed by atoms with Crippen LogP contribution >= 0.6 is 12.2 Å². The van der Waals surface area contributed by atoms with Gasteiger partial charge in [-0.25, -0.2) is 0 Å². The smallest absolute Gasteiger partial charge is 0.251 e. The van der Waals surface area contributed by atoms with Crippen LogP contribution in [-0.4, -0.2) is 51.3 Å². The number of rotatable bonds is 6. The molecule has 1 fully saturated rings. The SMILES string of the molecule is CN1C(=O)C(CC(=O)Nc2ccc3cc[nH]c3c2)N(CCC2=CCCCC2)C1=S. The molecular weight excluding hydrogens is 384 g/mol. The maximum Gasteiger partial charge on any atom is 0.251 e. The van der Waals surface area contributed by atoms with Crippen LogP contribution in [0.1, 0.15) is 38.5 Å². The van der Waals surface area contributed by atoms with Crippen LogP contribution in [0.15, 0.2) is 42.1 Å².